The average Bonchev–Trinajstić information content (AvgIpc) is 2.87. The Labute approximate surface area is 114 Å². The van der Waals surface area contributed by atoms with Gasteiger partial charge in [-0.1, -0.05) is 18.2 Å². The van der Waals surface area contributed by atoms with Crippen molar-refractivity contribution in [2.45, 2.75) is 12.7 Å². The largest absolute Gasteiger partial charge is 0.460 e. The summed E-state index contributed by atoms with van der Waals surface area (Å²) in [4.78, 5) is 0. The number of alkyl halides is 3. The molecule has 0 bridgehead atoms. The Bertz CT molecular complexity index is 587. The lowest BCUT2D eigenvalue weighted by Crippen LogP contribution is -2.11. The van der Waals surface area contributed by atoms with Gasteiger partial charge in [0.05, 0.1) is 12.1 Å². The summed E-state index contributed by atoms with van der Waals surface area (Å²) in [7, 11) is 0. The monoisotopic (exact) mass is 281 g/mol. The van der Waals surface area contributed by atoms with E-state index < -0.39 is 11.7 Å². The maximum absolute atomic E-state index is 12.6. The van der Waals surface area contributed by atoms with E-state index in [9.17, 15) is 13.2 Å². The van der Waals surface area contributed by atoms with Gasteiger partial charge < -0.3 is 9.73 Å². The average molecular weight is 281 g/mol. The lowest BCUT2D eigenvalue weighted by molar-refractivity contribution is -0.137. The molecule has 0 amide bonds. The fourth-order valence-electron chi connectivity index (χ4n) is 1.77. The zero-order chi connectivity index (χ0) is 14.6. The number of halogens is 3. The molecule has 2 nitrogen and oxygen atoms in total. The highest BCUT2D eigenvalue weighted by Crippen LogP contribution is 2.32. The van der Waals surface area contributed by atoms with E-state index in [1.54, 1.807) is 24.3 Å². The van der Waals surface area contributed by atoms with E-state index in [0.29, 0.717) is 30.2 Å². The summed E-state index contributed by atoms with van der Waals surface area (Å²) in [5, 5.41) is 3.06. The lowest BCUT2D eigenvalue weighted by atomic mass is 10.1. The van der Waals surface area contributed by atoms with Crippen LogP contribution < -0.4 is 5.32 Å². The summed E-state index contributed by atoms with van der Waals surface area (Å²) < 4.78 is 43.5. The molecule has 1 N–H and O–H groups in total. The number of nitrogens with one attached hydrogen (secondary N) is 1. The van der Waals surface area contributed by atoms with Crippen LogP contribution in [0.2, 0.25) is 0 Å². The number of benzene rings is 1. The first-order valence-electron chi connectivity index (χ1n) is 6.08. The second-order valence-corrected chi connectivity index (χ2v) is 4.26. The Morgan fingerprint density at radius 1 is 1.20 bits per heavy atom. The summed E-state index contributed by atoms with van der Waals surface area (Å²) in [6, 6.07) is 8.50. The van der Waals surface area contributed by atoms with Crippen LogP contribution in [0.25, 0.3) is 11.3 Å². The van der Waals surface area contributed by atoms with Crippen molar-refractivity contribution in [3.63, 3.8) is 0 Å². The minimum Gasteiger partial charge on any atom is -0.460 e. The van der Waals surface area contributed by atoms with E-state index in [1.807, 2.05) is 0 Å². The predicted molar refractivity (Wildman–Crippen MR) is 71.0 cm³/mol. The van der Waals surface area contributed by atoms with Crippen LogP contribution in [0.5, 0.6) is 0 Å². The van der Waals surface area contributed by atoms with E-state index in [0.717, 1.165) is 12.1 Å². The zero-order valence-electron chi connectivity index (χ0n) is 10.7. The van der Waals surface area contributed by atoms with E-state index in [-0.39, 0.29) is 0 Å². The third-order valence-corrected chi connectivity index (χ3v) is 2.72. The van der Waals surface area contributed by atoms with Crippen molar-refractivity contribution in [3.8, 4) is 11.3 Å². The summed E-state index contributed by atoms with van der Waals surface area (Å²) in [6.07, 6.45) is -2.63. The van der Waals surface area contributed by atoms with Crippen LogP contribution in [0.3, 0.4) is 0 Å². The maximum atomic E-state index is 12.6. The van der Waals surface area contributed by atoms with E-state index in [4.69, 9.17) is 4.42 Å². The summed E-state index contributed by atoms with van der Waals surface area (Å²) >= 11 is 0. The first-order chi connectivity index (χ1) is 9.50. The van der Waals surface area contributed by atoms with Gasteiger partial charge in [0.15, 0.2) is 0 Å². The van der Waals surface area contributed by atoms with Gasteiger partial charge in [0, 0.05) is 12.1 Å². The topological polar surface area (TPSA) is 25.2 Å². The molecule has 0 radical (unpaired) electrons. The van der Waals surface area contributed by atoms with E-state index >= 15 is 0 Å². The van der Waals surface area contributed by atoms with Crippen molar-refractivity contribution < 1.29 is 17.6 Å². The molecule has 5 heteroatoms. The predicted octanol–water partition coefficient (Wildman–Crippen LogP) is 4.24. The van der Waals surface area contributed by atoms with Crippen molar-refractivity contribution in [2.24, 2.45) is 0 Å². The van der Waals surface area contributed by atoms with Gasteiger partial charge in [-0.05, 0) is 24.3 Å². The quantitative estimate of drug-likeness (QED) is 0.655. The highest BCUT2D eigenvalue weighted by Gasteiger charge is 2.30. The fourth-order valence-corrected chi connectivity index (χ4v) is 1.77. The first kappa shape index (κ1) is 14.4. The minimum absolute atomic E-state index is 0.412. The van der Waals surface area contributed by atoms with E-state index in [1.165, 1.54) is 6.07 Å². The van der Waals surface area contributed by atoms with E-state index in [2.05, 4.69) is 11.9 Å². The normalized spacial score (nSPS) is 11.6. The molecule has 1 aromatic heterocycles. The molecule has 0 spiro atoms. The van der Waals surface area contributed by atoms with Crippen molar-refractivity contribution >= 4 is 0 Å². The number of furan rings is 1. The molecule has 0 unspecified atom stereocenters. The van der Waals surface area contributed by atoms with Gasteiger partial charge >= 0.3 is 6.18 Å². The summed E-state index contributed by atoms with van der Waals surface area (Å²) in [5.41, 5.74) is -0.271. The second-order valence-electron chi connectivity index (χ2n) is 4.26. The van der Waals surface area contributed by atoms with Crippen LogP contribution in [0, 0.1) is 0 Å². The van der Waals surface area contributed by atoms with Crippen LogP contribution in [-0.2, 0) is 12.7 Å². The molecule has 0 saturated heterocycles. The van der Waals surface area contributed by atoms with Gasteiger partial charge in [-0.25, -0.2) is 0 Å². The smallest absolute Gasteiger partial charge is 0.416 e. The number of hydrogen-bond donors (Lipinski definition) is 1. The van der Waals surface area contributed by atoms with Crippen LogP contribution in [0.4, 0.5) is 13.2 Å². The molecule has 0 atom stereocenters. The Morgan fingerprint density at radius 3 is 2.70 bits per heavy atom. The molecule has 20 heavy (non-hydrogen) atoms. The van der Waals surface area contributed by atoms with Crippen LogP contribution in [0.15, 0.2) is 53.5 Å². The van der Waals surface area contributed by atoms with Gasteiger partial charge in [0.25, 0.3) is 0 Å². The number of rotatable bonds is 5. The zero-order valence-corrected chi connectivity index (χ0v) is 10.7. The third-order valence-electron chi connectivity index (χ3n) is 2.72. The maximum Gasteiger partial charge on any atom is 0.416 e. The minimum atomic E-state index is -4.35. The highest BCUT2D eigenvalue weighted by molar-refractivity contribution is 5.58. The molecule has 106 valence electrons. The molecule has 0 fully saturated rings. The Morgan fingerprint density at radius 2 is 2.00 bits per heavy atom. The molecule has 1 aromatic carbocycles. The molecule has 0 aliphatic carbocycles. The lowest BCUT2D eigenvalue weighted by Gasteiger charge is -2.07. The van der Waals surface area contributed by atoms with Gasteiger partial charge in [-0.2, -0.15) is 13.2 Å². The molecular weight excluding hydrogens is 267 g/mol. The van der Waals surface area contributed by atoms with Crippen LogP contribution in [-0.4, -0.2) is 6.54 Å². The van der Waals surface area contributed by atoms with Crippen molar-refractivity contribution in [1.29, 1.82) is 0 Å². The van der Waals surface area contributed by atoms with Gasteiger partial charge in [-0.3, -0.25) is 0 Å². The van der Waals surface area contributed by atoms with Crippen molar-refractivity contribution in [1.82, 2.24) is 5.32 Å². The second kappa shape index (κ2) is 5.96. The molecule has 0 saturated carbocycles. The summed E-state index contributed by atoms with van der Waals surface area (Å²) in [5.74, 6) is 1.09. The van der Waals surface area contributed by atoms with Gasteiger partial charge in [-0.15, -0.1) is 6.58 Å². The molecule has 2 aromatic rings. The Hall–Kier alpha value is -2.01. The van der Waals surface area contributed by atoms with Crippen LogP contribution >= 0.6 is 0 Å². The Balaban J connectivity index is 2.17. The molecule has 2 rings (SSSR count). The summed E-state index contributed by atoms with van der Waals surface area (Å²) in [6.45, 7) is 4.72. The molecule has 1 heterocycles. The molecule has 0 aliphatic rings. The van der Waals surface area contributed by atoms with Crippen LogP contribution in [0.1, 0.15) is 11.3 Å². The molecular formula is C15H14F3NO. The third kappa shape index (κ3) is 3.51. The van der Waals surface area contributed by atoms with Crippen molar-refractivity contribution in [2.75, 3.05) is 6.54 Å². The first-order valence-corrected chi connectivity index (χ1v) is 6.08. The SMILES string of the molecule is C=CCNCc1ccc(-c2cccc(C(F)(F)F)c2)o1. The number of hydrogen-bond acceptors (Lipinski definition) is 2. The van der Waals surface area contributed by atoms with Gasteiger partial charge in [0.1, 0.15) is 11.5 Å². The van der Waals surface area contributed by atoms with Gasteiger partial charge in [0.2, 0.25) is 0 Å². The Kier molecular flexibility index (Phi) is 4.29. The molecule has 0 aliphatic heterocycles. The highest BCUT2D eigenvalue weighted by atomic mass is 19.4. The standard InChI is InChI=1S/C15H14F3NO/c1-2-8-19-10-13-6-7-14(20-13)11-4-3-5-12(9-11)15(16,17)18/h2-7,9,19H,1,8,10H2. The van der Waals surface area contributed by atoms with Crippen molar-refractivity contribution in [3.05, 3.63) is 60.4 Å². The fraction of sp³-hybridized carbons (Fsp3) is 0.200.